The molecule has 1 aromatic carbocycles. The average Bonchev–Trinajstić information content (AvgIpc) is 3.11. The molecule has 5 nitrogen and oxygen atoms in total. The molecule has 6 heteroatoms. The zero-order valence-electron chi connectivity index (χ0n) is 14.6. The third-order valence-electron chi connectivity index (χ3n) is 3.42. The van der Waals surface area contributed by atoms with Crippen molar-refractivity contribution in [2.75, 3.05) is 5.32 Å². The van der Waals surface area contributed by atoms with Crippen molar-refractivity contribution in [3.63, 3.8) is 0 Å². The molecule has 0 unspecified atom stereocenters. The maximum Gasteiger partial charge on any atom is 0.291 e. The molecular formula is C20H20N2O3S. The van der Waals surface area contributed by atoms with Gasteiger partial charge in [0, 0.05) is 23.8 Å². The number of anilines is 1. The molecule has 3 aromatic rings. The minimum absolute atomic E-state index is 0.113. The molecule has 134 valence electrons. The Hall–Kier alpha value is -2.73. The number of benzene rings is 1. The van der Waals surface area contributed by atoms with Crippen LogP contribution >= 0.6 is 11.8 Å². The second kappa shape index (κ2) is 8.58. The lowest BCUT2D eigenvalue weighted by Crippen LogP contribution is -2.11. The molecule has 0 atom stereocenters. The van der Waals surface area contributed by atoms with Gasteiger partial charge in [-0.15, -0.1) is 0 Å². The Morgan fingerprint density at radius 2 is 1.85 bits per heavy atom. The minimum Gasteiger partial charge on any atom is -0.491 e. The molecule has 0 aliphatic carbocycles. The third kappa shape index (κ3) is 5.13. The summed E-state index contributed by atoms with van der Waals surface area (Å²) in [6, 6.07) is 14.7. The number of aromatic nitrogens is 1. The third-order valence-corrected chi connectivity index (χ3v) is 4.40. The molecule has 1 N–H and O–H groups in total. The Morgan fingerprint density at radius 3 is 2.54 bits per heavy atom. The van der Waals surface area contributed by atoms with Gasteiger partial charge < -0.3 is 14.5 Å². The van der Waals surface area contributed by atoms with Crippen LogP contribution in [0.5, 0.6) is 5.75 Å². The highest BCUT2D eigenvalue weighted by Gasteiger charge is 2.12. The van der Waals surface area contributed by atoms with E-state index in [9.17, 15) is 4.79 Å². The first-order valence-corrected chi connectivity index (χ1v) is 9.28. The van der Waals surface area contributed by atoms with Crippen LogP contribution in [0, 0.1) is 0 Å². The quantitative estimate of drug-likeness (QED) is 0.594. The fourth-order valence-electron chi connectivity index (χ4n) is 2.23. The van der Waals surface area contributed by atoms with Crippen LogP contribution in [-0.2, 0) is 5.75 Å². The predicted molar refractivity (Wildman–Crippen MR) is 103 cm³/mol. The first kappa shape index (κ1) is 18.1. The molecule has 2 aromatic heterocycles. The van der Waals surface area contributed by atoms with Crippen LogP contribution in [-0.4, -0.2) is 17.0 Å². The number of carbonyl (C=O) groups excluding carboxylic acids is 1. The summed E-state index contributed by atoms with van der Waals surface area (Å²) in [7, 11) is 0. The minimum atomic E-state index is -0.279. The van der Waals surface area contributed by atoms with Gasteiger partial charge >= 0.3 is 0 Å². The first-order chi connectivity index (χ1) is 12.6. The van der Waals surface area contributed by atoms with Gasteiger partial charge in [-0.05, 0) is 67.9 Å². The summed E-state index contributed by atoms with van der Waals surface area (Å²) in [5, 5.41) is 3.52. The molecule has 0 spiro atoms. The van der Waals surface area contributed by atoms with E-state index >= 15 is 0 Å². The number of nitrogens with zero attached hydrogens (tertiary/aromatic N) is 1. The molecule has 0 radical (unpaired) electrons. The highest BCUT2D eigenvalue weighted by molar-refractivity contribution is 7.98. The van der Waals surface area contributed by atoms with Crippen molar-refractivity contribution in [1.29, 1.82) is 0 Å². The van der Waals surface area contributed by atoms with Crippen molar-refractivity contribution in [3.05, 3.63) is 72.2 Å². The second-order valence-electron chi connectivity index (χ2n) is 5.91. The zero-order chi connectivity index (χ0) is 18.4. The molecule has 0 saturated heterocycles. The summed E-state index contributed by atoms with van der Waals surface area (Å²) in [6.07, 6.45) is 3.63. The van der Waals surface area contributed by atoms with Crippen molar-refractivity contribution < 1.29 is 13.9 Å². The van der Waals surface area contributed by atoms with E-state index in [4.69, 9.17) is 9.15 Å². The Balaban J connectivity index is 1.56. The zero-order valence-corrected chi connectivity index (χ0v) is 15.5. The number of carbonyl (C=O) groups is 1. The van der Waals surface area contributed by atoms with Gasteiger partial charge in [0.15, 0.2) is 10.9 Å². The number of nitrogens with one attached hydrogen (secondary N) is 1. The number of ether oxygens (including phenoxy) is 1. The highest BCUT2D eigenvalue weighted by Crippen LogP contribution is 2.25. The molecule has 0 aliphatic heterocycles. The summed E-state index contributed by atoms with van der Waals surface area (Å²) in [5.74, 6) is 1.53. The molecule has 26 heavy (non-hydrogen) atoms. The lowest BCUT2D eigenvalue weighted by Gasteiger charge is -2.10. The molecule has 1 amide bonds. The van der Waals surface area contributed by atoms with Gasteiger partial charge in [-0.25, -0.2) is 0 Å². The molecule has 0 fully saturated rings. The van der Waals surface area contributed by atoms with E-state index in [0.717, 1.165) is 17.1 Å². The normalized spacial score (nSPS) is 10.7. The highest BCUT2D eigenvalue weighted by atomic mass is 32.2. The van der Waals surface area contributed by atoms with E-state index < -0.39 is 0 Å². The maximum absolute atomic E-state index is 12.3. The lowest BCUT2D eigenvalue weighted by atomic mass is 10.3. The SMILES string of the molecule is CC(C)Oc1ccc(NC(=O)c2ccc(SCc3ccncc3)o2)cc1. The lowest BCUT2D eigenvalue weighted by molar-refractivity contribution is 0.0992. The van der Waals surface area contributed by atoms with E-state index in [0.29, 0.717) is 10.8 Å². The van der Waals surface area contributed by atoms with Crippen LogP contribution in [0.25, 0.3) is 0 Å². The van der Waals surface area contributed by atoms with Crippen LogP contribution in [0.3, 0.4) is 0 Å². The summed E-state index contributed by atoms with van der Waals surface area (Å²) in [6.45, 7) is 3.94. The fourth-order valence-corrected chi connectivity index (χ4v) is 3.05. The fraction of sp³-hybridized carbons (Fsp3) is 0.200. The van der Waals surface area contributed by atoms with Crippen molar-refractivity contribution in [2.45, 2.75) is 30.8 Å². The standard InChI is InChI=1S/C20H20N2O3S/c1-14(2)24-17-5-3-16(4-6-17)22-20(23)18-7-8-19(25-18)26-13-15-9-11-21-12-10-15/h3-12,14H,13H2,1-2H3,(H,22,23). The molecule has 0 aliphatic rings. The summed E-state index contributed by atoms with van der Waals surface area (Å²) >= 11 is 1.53. The summed E-state index contributed by atoms with van der Waals surface area (Å²) in [4.78, 5) is 16.3. The molecule has 2 heterocycles. The van der Waals surface area contributed by atoms with E-state index in [1.54, 1.807) is 36.7 Å². The molecular weight excluding hydrogens is 348 g/mol. The van der Waals surface area contributed by atoms with Gasteiger partial charge in [0.25, 0.3) is 5.91 Å². The molecule has 0 saturated carbocycles. The van der Waals surface area contributed by atoms with Gasteiger partial charge in [-0.1, -0.05) is 11.8 Å². The largest absolute Gasteiger partial charge is 0.491 e. The van der Waals surface area contributed by atoms with Crippen LogP contribution in [0.1, 0.15) is 30.0 Å². The number of hydrogen-bond acceptors (Lipinski definition) is 5. The van der Waals surface area contributed by atoms with Crippen LogP contribution in [0.2, 0.25) is 0 Å². The van der Waals surface area contributed by atoms with Gasteiger partial charge in [0.05, 0.1) is 6.10 Å². The Kier molecular flexibility index (Phi) is 5.96. The predicted octanol–water partition coefficient (Wildman–Crippen LogP) is 5.01. The Morgan fingerprint density at radius 1 is 1.12 bits per heavy atom. The number of rotatable bonds is 7. The van der Waals surface area contributed by atoms with E-state index in [1.165, 1.54) is 11.8 Å². The van der Waals surface area contributed by atoms with Gasteiger partial charge in [0.2, 0.25) is 0 Å². The van der Waals surface area contributed by atoms with Crippen LogP contribution in [0.15, 0.2) is 70.4 Å². The molecule has 3 rings (SSSR count). The van der Waals surface area contributed by atoms with Crippen molar-refractivity contribution in [2.24, 2.45) is 0 Å². The monoisotopic (exact) mass is 368 g/mol. The summed E-state index contributed by atoms with van der Waals surface area (Å²) in [5.41, 5.74) is 1.84. The van der Waals surface area contributed by atoms with Crippen molar-refractivity contribution in [3.8, 4) is 5.75 Å². The second-order valence-corrected chi connectivity index (χ2v) is 6.89. The topological polar surface area (TPSA) is 64.4 Å². The number of thioether (sulfide) groups is 1. The van der Waals surface area contributed by atoms with E-state index in [-0.39, 0.29) is 17.8 Å². The number of hydrogen-bond donors (Lipinski definition) is 1. The smallest absolute Gasteiger partial charge is 0.291 e. The van der Waals surface area contributed by atoms with E-state index in [2.05, 4.69) is 10.3 Å². The van der Waals surface area contributed by atoms with Gasteiger partial charge in [-0.2, -0.15) is 0 Å². The number of furan rings is 1. The van der Waals surface area contributed by atoms with Gasteiger partial charge in [0.1, 0.15) is 5.75 Å². The Labute approximate surface area is 156 Å². The van der Waals surface area contributed by atoms with Gasteiger partial charge in [-0.3, -0.25) is 9.78 Å². The first-order valence-electron chi connectivity index (χ1n) is 8.30. The average molecular weight is 368 g/mol. The van der Waals surface area contributed by atoms with Crippen LogP contribution in [0.4, 0.5) is 5.69 Å². The van der Waals surface area contributed by atoms with Crippen LogP contribution < -0.4 is 10.1 Å². The number of pyridine rings is 1. The number of amides is 1. The Bertz CT molecular complexity index is 845. The summed E-state index contributed by atoms with van der Waals surface area (Å²) < 4.78 is 11.2. The van der Waals surface area contributed by atoms with E-state index in [1.807, 2.05) is 38.1 Å². The molecule has 0 bridgehead atoms. The maximum atomic E-state index is 12.3. The van der Waals surface area contributed by atoms with Crippen molar-refractivity contribution in [1.82, 2.24) is 4.98 Å². The van der Waals surface area contributed by atoms with Crippen molar-refractivity contribution >= 4 is 23.4 Å².